The third-order valence-corrected chi connectivity index (χ3v) is 5.86. The molecule has 1 N–H and O–H groups in total. The fraction of sp³-hybridized carbons (Fsp3) is 0.913. The molecule has 0 heterocycles. The van der Waals surface area contributed by atoms with Crippen LogP contribution in [0.25, 0.3) is 0 Å². The Morgan fingerprint density at radius 3 is 2.00 bits per heavy atom. The van der Waals surface area contributed by atoms with Gasteiger partial charge in [0.1, 0.15) is 6.10 Å². The van der Waals surface area contributed by atoms with E-state index in [2.05, 4.69) is 20.8 Å². The molecule has 0 aromatic rings. The highest BCUT2D eigenvalue weighted by molar-refractivity contribution is 5.81. The molecule has 4 heteroatoms. The Hall–Kier alpha value is -1.06. The molecule has 1 saturated carbocycles. The Labute approximate surface area is 166 Å². The molecule has 3 atom stereocenters. The van der Waals surface area contributed by atoms with Gasteiger partial charge in [-0.2, -0.15) is 0 Å². The van der Waals surface area contributed by atoms with Crippen LogP contribution in [0, 0.1) is 17.8 Å². The molecule has 1 rings (SSSR count). The Morgan fingerprint density at radius 1 is 0.889 bits per heavy atom. The minimum atomic E-state index is -0.843. The van der Waals surface area contributed by atoms with E-state index < -0.39 is 17.8 Å². The van der Waals surface area contributed by atoms with Crippen molar-refractivity contribution in [1.82, 2.24) is 0 Å². The second-order valence-corrected chi connectivity index (χ2v) is 8.78. The third-order valence-electron chi connectivity index (χ3n) is 5.86. The van der Waals surface area contributed by atoms with Gasteiger partial charge in [-0.3, -0.25) is 9.59 Å². The van der Waals surface area contributed by atoms with Gasteiger partial charge in [-0.05, 0) is 44.4 Å². The Kier molecular flexibility index (Phi) is 12.4. The van der Waals surface area contributed by atoms with E-state index in [1.807, 2.05) is 0 Å². The summed E-state index contributed by atoms with van der Waals surface area (Å²) in [7, 11) is 0. The van der Waals surface area contributed by atoms with Gasteiger partial charge in [-0.15, -0.1) is 0 Å². The van der Waals surface area contributed by atoms with Crippen LogP contribution < -0.4 is 0 Å². The van der Waals surface area contributed by atoms with E-state index in [4.69, 9.17) is 4.74 Å². The smallest absolute Gasteiger partial charge is 0.310 e. The van der Waals surface area contributed by atoms with Crippen molar-refractivity contribution in [2.75, 3.05) is 0 Å². The number of carboxylic acid groups (broad SMARTS) is 1. The first-order valence-electron chi connectivity index (χ1n) is 11.4. The number of hydrogen-bond donors (Lipinski definition) is 1. The first-order chi connectivity index (χ1) is 13.0. The van der Waals surface area contributed by atoms with Gasteiger partial charge in [-0.1, -0.05) is 72.1 Å². The number of carbonyl (C=O) groups excluding carboxylic acids is 1. The molecule has 1 fully saturated rings. The molecule has 0 aromatic heterocycles. The van der Waals surface area contributed by atoms with E-state index >= 15 is 0 Å². The lowest BCUT2D eigenvalue weighted by Crippen LogP contribution is -2.35. The number of carbonyl (C=O) groups is 2. The predicted octanol–water partition coefficient (Wildman–Crippen LogP) is 6.37. The molecule has 4 nitrogen and oxygen atoms in total. The van der Waals surface area contributed by atoms with Gasteiger partial charge in [0.25, 0.3) is 0 Å². The molecule has 0 aromatic carbocycles. The fourth-order valence-electron chi connectivity index (χ4n) is 4.12. The minimum Gasteiger partial charge on any atom is -0.481 e. The lowest BCUT2D eigenvalue weighted by atomic mass is 9.79. The van der Waals surface area contributed by atoms with E-state index in [9.17, 15) is 14.7 Å². The zero-order valence-electron chi connectivity index (χ0n) is 17.9. The maximum Gasteiger partial charge on any atom is 0.310 e. The number of aliphatic carboxylic acids is 1. The van der Waals surface area contributed by atoms with Gasteiger partial charge in [0.05, 0.1) is 11.8 Å². The maximum absolute atomic E-state index is 12.7. The van der Waals surface area contributed by atoms with Gasteiger partial charge in [0.2, 0.25) is 0 Å². The van der Waals surface area contributed by atoms with Crippen LogP contribution in [0.4, 0.5) is 0 Å². The van der Waals surface area contributed by atoms with E-state index in [0.717, 1.165) is 57.3 Å². The molecule has 0 amide bonds. The highest BCUT2D eigenvalue weighted by Crippen LogP contribution is 2.32. The first-order valence-corrected chi connectivity index (χ1v) is 11.4. The highest BCUT2D eigenvalue weighted by atomic mass is 16.5. The number of unbranched alkanes of at least 4 members (excludes halogenated alkanes) is 5. The molecular weight excluding hydrogens is 340 g/mol. The monoisotopic (exact) mass is 382 g/mol. The lowest BCUT2D eigenvalue weighted by Gasteiger charge is -2.28. The molecule has 0 bridgehead atoms. The molecule has 1 aliphatic rings. The number of rotatable bonds is 14. The van der Waals surface area contributed by atoms with E-state index in [1.165, 1.54) is 25.7 Å². The summed E-state index contributed by atoms with van der Waals surface area (Å²) >= 11 is 0. The van der Waals surface area contributed by atoms with Crippen molar-refractivity contribution in [2.24, 2.45) is 17.8 Å². The number of ether oxygens (including phenoxy) is 1. The topological polar surface area (TPSA) is 63.6 Å². The molecule has 0 aliphatic heterocycles. The first kappa shape index (κ1) is 24.0. The number of hydrogen-bond acceptors (Lipinski definition) is 3. The largest absolute Gasteiger partial charge is 0.481 e. The van der Waals surface area contributed by atoms with Crippen molar-refractivity contribution in [2.45, 2.75) is 117 Å². The maximum atomic E-state index is 12.7. The van der Waals surface area contributed by atoms with Crippen LogP contribution in [0.15, 0.2) is 0 Å². The normalized spacial score (nSPS) is 21.2. The summed E-state index contributed by atoms with van der Waals surface area (Å²) in [6.07, 6.45) is 14.4. The van der Waals surface area contributed by atoms with Gasteiger partial charge < -0.3 is 9.84 Å². The van der Waals surface area contributed by atoms with Crippen molar-refractivity contribution < 1.29 is 19.4 Å². The van der Waals surface area contributed by atoms with Gasteiger partial charge in [0.15, 0.2) is 0 Å². The summed E-state index contributed by atoms with van der Waals surface area (Å²) in [5, 5.41) is 9.42. The van der Waals surface area contributed by atoms with Crippen molar-refractivity contribution in [3.05, 3.63) is 0 Å². The minimum absolute atomic E-state index is 0.0366. The second kappa shape index (κ2) is 14.0. The molecular formula is C23H42O4. The highest BCUT2D eigenvalue weighted by Gasteiger charge is 2.37. The quantitative estimate of drug-likeness (QED) is 0.280. The summed E-state index contributed by atoms with van der Waals surface area (Å²) in [4.78, 5) is 24.2. The van der Waals surface area contributed by atoms with E-state index in [1.54, 1.807) is 0 Å². The van der Waals surface area contributed by atoms with Crippen LogP contribution in [-0.4, -0.2) is 23.1 Å². The van der Waals surface area contributed by atoms with Crippen LogP contribution in [0.2, 0.25) is 0 Å². The number of carboxylic acids is 1. The average molecular weight is 383 g/mol. The van der Waals surface area contributed by atoms with Crippen LogP contribution in [0.5, 0.6) is 0 Å². The van der Waals surface area contributed by atoms with Crippen molar-refractivity contribution in [1.29, 1.82) is 0 Å². The molecule has 0 radical (unpaired) electrons. The van der Waals surface area contributed by atoms with Gasteiger partial charge in [-0.25, -0.2) is 0 Å². The fourth-order valence-corrected chi connectivity index (χ4v) is 4.12. The lowest BCUT2D eigenvalue weighted by molar-refractivity contribution is -0.164. The molecule has 158 valence electrons. The molecule has 3 unspecified atom stereocenters. The van der Waals surface area contributed by atoms with Crippen LogP contribution in [-0.2, 0) is 14.3 Å². The average Bonchev–Trinajstić information content (AvgIpc) is 2.64. The van der Waals surface area contributed by atoms with Crippen LogP contribution >= 0.6 is 0 Å². The zero-order valence-corrected chi connectivity index (χ0v) is 17.9. The van der Waals surface area contributed by atoms with Crippen LogP contribution in [0.1, 0.15) is 111 Å². The zero-order chi connectivity index (χ0) is 20.1. The van der Waals surface area contributed by atoms with Crippen molar-refractivity contribution >= 4 is 11.9 Å². The number of esters is 1. The molecule has 0 spiro atoms. The Bertz CT molecular complexity index is 419. The van der Waals surface area contributed by atoms with Gasteiger partial charge >= 0.3 is 11.9 Å². The van der Waals surface area contributed by atoms with Crippen molar-refractivity contribution in [3.63, 3.8) is 0 Å². The summed E-state index contributed by atoms with van der Waals surface area (Å²) in [6.45, 7) is 6.70. The Balaban J connectivity index is 2.46. The van der Waals surface area contributed by atoms with E-state index in [0.29, 0.717) is 12.8 Å². The summed E-state index contributed by atoms with van der Waals surface area (Å²) in [6, 6.07) is 0. The molecule has 1 aliphatic carbocycles. The van der Waals surface area contributed by atoms with Gasteiger partial charge in [0, 0.05) is 0 Å². The molecule has 0 saturated heterocycles. The van der Waals surface area contributed by atoms with Crippen LogP contribution in [0.3, 0.4) is 0 Å². The summed E-state index contributed by atoms with van der Waals surface area (Å²) in [5.41, 5.74) is 0. The second-order valence-electron chi connectivity index (χ2n) is 8.78. The third kappa shape index (κ3) is 10.2. The predicted molar refractivity (Wildman–Crippen MR) is 110 cm³/mol. The molecule has 27 heavy (non-hydrogen) atoms. The SMILES string of the molecule is CCCCCC(CCCCCCC(C)C)OC(=O)C1CCCCC1C(=O)O. The Morgan fingerprint density at radius 2 is 1.44 bits per heavy atom. The van der Waals surface area contributed by atoms with E-state index in [-0.39, 0.29) is 12.1 Å². The summed E-state index contributed by atoms with van der Waals surface area (Å²) < 4.78 is 5.86. The summed E-state index contributed by atoms with van der Waals surface area (Å²) in [5.74, 6) is -1.34. The van der Waals surface area contributed by atoms with Crippen molar-refractivity contribution in [3.8, 4) is 0 Å². The standard InChI is InChI=1S/C23H42O4/c1-4-5-8-14-19(15-10-7-6-9-13-18(2)3)27-23(26)21-17-12-11-16-20(21)22(24)25/h18-21H,4-17H2,1-3H3,(H,24,25).